The molecule has 140 valence electrons. The second kappa shape index (κ2) is 8.63. The van der Waals surface area contributed by atoms with Crippen LogP contribution in [-0.4, -0.2) is 16.8 Å². The number of nitrogens with zero attached hydrogens (tertiary/aromatic N) is 1. The average molecular weight is 456 g/mol. The lowest BCUT2D eigenvalue weighted by molar-refractivity contribution is -0.116. The third-order valence-corrected chi connectivity index (χ3v) is 6.88. The monoisotopic (exact) mass is 455 g/mol. The van der Waals surface area contributed by atoms with Crippen molar-refractivity contribution in [2.24, 2.45) is 5.92 Å². The predicted molar refractivity (Wildman–Crippen MR) is 110 cm³/mol. The number of rotatable bonds is 6. The highest BCUT2D eigenvalue weighted by atomic mass is 79.9. The number of aromatic nitrogens is 1. The molecule has 3 rings (SSSR count). The van der Waals surface area contributed by atoms with Crippen LogP contribution >= 0.6 is 38.6 Å². The Hall–Kier alpha value is -1.25. The normalized spacial score (nSPS) is 13.5. The van der Waals surface area contributed by atoms with Gasteiger partial charge in [0.2, 0.25) is 5.91 Å². The Morgan fingerprint density at radius 1 is 1.27 bits per heavy atom. The van der Waals surface area contributed by atoms with Crippen LogP contribution in [0.5, 0.6) is 0 Å². The summed E-state index contributed by atoms with van der Waals surface area (Å²) in [7, 11) is 0. The zero-order chi connectivity index (χ0) is 18.7. The maximum atomic E-state index is 12.9. The summed E-state index contributed by atoms with van der Waals surface area (Å²) in [5.41, 5.74) is 1.77. The predicted octanol–water partition coefficient (Wildman–Crippen LogP) is 4.76. The molecule has 8 heteroatoms. The largest absolute Gasteiger partial charge is 0.347 e. The molecular weight excluding hydrogens is 434 g/mol. The van der Waals surface area contributed by atoms with Crippen molar-refractivity contribution in [1.29, 1.82) is 0 Å². The molecule has 0 bridgehead atoms. The van der Waals surface area contributed by atoms with Crippen LogP contribution in [0, 0.1) is 5.92 Å². The van der Waals surface area contributed by atoms with Gasteiger partial charge in [0.05, 0.1) is 12.1 Å². The standard InChI is InChI=1S/C18H22BrN3O2S2/c1-10(2)7-14(23)22-17-15(12-5-3-4-6-13(12)26-17)16(24)20-8-11-9-21-18(19)25-11/h9-10H,3-8H2,1-2H3,(H,20,24)(H,22,23). The molecule has 0 aliphatic heterocycles. The lowest BCUT2D eigenvalue weighted by Crippen LogP contribution is -2.25. The van der Waals surface area contributed by atoms with Crippen molar-refractivity contribution in [3.05, 3.63) is 31.0 Å². The van der Waals surface area contributed by atoms with Crippen LogP contribution in [0.1, 0.15) is 58.8 Å². The van der Waals surface area contributed by atoms with Crippen LogP contribution in [-0.2, 0) is 24.2 Å². The number of carbonyl (C=O) groups is 2. The van der Waals surface area contributed by atoms with Gasteiger partial charge in [0, 0.05) is 22.4 Å². The minimum Gasteiger partial charge on any atom is -0.347 e. The van der Waals surface area contributed by atoms with E-state index < -0.39 is 0 Å². The van der Waals surface area contributed by atoms with E-state index in [4.69, 9.17) is 0 Å². The van der Waals surface area contributed by atoms with Crippen LogP contribution < -0.4 is 10.6 Å². The first kappa shape index (κ1) is 19.5. The average Bonchev–Trinajstić information content (AvgIpc) is 3.14. The van der Waals surface area contributed by atoms with E-state index in [0.717, 1.165) is 40.0 Å². The first-order valence-corrected chi connectivity index (χ1v) is 11.2. The zero-order valence-electron chi connectivity index (χ0n) is 14.9. The van der Waals surface area contributed by atoms with E-state index in [0.29, 0.717) is 23.5 Å². The van der Waals surface area contributed by atoms with Gasteiger partial charge in [-0.2, -0.15) is 0 Å². The number of halogens is 1. The summed E-state index contributed by atoms with van der Waals surface area (Å²) in [5.74, 6) is 0.138. The van der Waals surface area contributed by atoms with Gasteiger partial charge in [0.25, 0.3) is 5.91 Å². The summed E-state index contributed by atoms with van der Waals surface area (Å²) in [6, 6.07) is 0. The third kappa shape index (κ3) is 4.72. The van der Waals surface area contributed by atoms with Gasteiger partial charge in [0.1, 0.15) is 5.00 Å². The van der Waals surface area contributed by atoms with Gasteiger partial charge in [-0.25, -0.2) is 4.98 Å². The molecule has 0 spiro atoms. The Balaban J connectivity index is 1.79. The Labute approximate surface area is 169 Å². The van der Waals surface area contributed by atoms with Gasteiger partial charge in [-0.05, 0) is 53.1 Å². The second-order valence-electron chi connectivity index (χ2n) is 6.82. The molecule has 0 saturated heterocycles. The summed E-state index contributed by atoms with van der Waals surface area (Å²) >= 11 is 6.40. The molecule has 0 atom stereocenters. The number of aryl methyl sites for hydroxylation is 1. The number of amides is 2. The van der Waals surface area contributed by atoms with Crippen molar-refractivity contribution in [3.8, 4) is 0 Å². The highest BCUT2D eigenvalue weighted by Crippen LogP contribution is 2.38. The molecule has 0 fully saturated rings. The Bertz CT molecular complexity index is 813. The molecule has 2 N–H and O–H groups in total. The van der Waals surface area contributed by atoms with E-state index in [1.165, 1.54) is 16.2 Å². The number of carbonyl (C=O) groups excluding carboxylic acids is 2. The summed E-state index contributed by atoms with van der Waals surface area (Å²) < 4.78 is 0.802. The van der Waals surface area contributed by atoms with E-state index in [9.17, 15) is 9.59 Å². The highest BCUT2D eigenvalue weighted by molar-refractivity contribution is 9.11. The fraction of sp³-hybridized carbons (Fsp3) is 0.500. The van der Waals surface area contributed by atoms with Crippen molar-refractivity contribution in [2.45, 2.75) is 52.5 Å². The molecule has 5 nitrogen and oxygen atoms in total. The van der Waals surface area contributed by atoms with Gasteiger partial charge in [-0.1, -0.05) is 13.8 Å². The molecule has 0 saturated carbocycles. The van der Waals surface area contributed by atoms with E-state index in [-0.39, 0.29) is 17.7 Å². The molecular formula is C18H22BrN3O2S2. The number of hydrogen-bond acceptors (Lipinski definition) is 5. The lowest BCUT2D eigenvalue weighted by Gasteiger charge is -2.13. The first-order chi connectivity index (χ1) is 12.4. The van der Waals surface area contributed by atoms with Gasteiger partial charge in [0.15, 0.2) is 3.92 Å². The zero-order valence-corrected chi connectivity index (χ0v) is 18.1. The van der Waals surface area contributed by atoms with Gasteiger partial charge < -0.3 is 10.6 Å². The molecule has 0 aromatic carbocycles. The summed E-state index contributed by atoms with van der Waals surface area (Å²) in [4.78, 5) is 31.5. The molecule has 2 aromatic rings. The van der Waals surface area contributed by atoms with Crippen LogP contribution in [0.2, 0.25) is 0 Å². The maximum absolute atomic E-state index is 12.9. The number of hydrogen-bond donors (Lipinski definition) is 2. The summed E-state index contributed by atoms with van der Waals surface area (Å²) in [5, 5.41) is 6.67. The van der Waals surface area contributed by atoms with Gasteiger partial charge in [-0.15, -0.1) is 22.7 Å². The molecule has 1 aliphatic carbocycles. The minimum absolute atomic E-state index is 0.0287. The van der Waals surface area contributed by atoms with Gasteiger partial charge >= 0.3 is 0 Å². The molecule has 2 aromatic heterocycles. The van der Waals surface area contributed by atoms with E-state index in [1.54, 1.807) is 17.5 Å². The summed E-state index contributed by atoms with van der Waals surface area (Å²) in [6.45, 7) is 4.46. The highest BCUT2D eigenvalue weighted by Gasteiger charge is 2.26. The van der Waals surface area contributed by atoms with E-state index in [1.807, 2.05) is 13.8 Å². The van der Waals surface area contributed by atoms with Crippen LogP contribution in [0.3, 0.4) is 0 Å². The lowest BCUT2D eigenvalue weighted by atomic mass is 9.95. The molecule has 1 aliphatic rings. The molecule has 2 amide bonds. The number of nitrogens with one attached hydrogen (secondary N) is 2. The van der Waals surface area contributed by atoms with Crippen LogP contribution in [0.25, 0.3) is 0 Å². The molecule has 0 radical (unpaired) electrons. The smallest absolute Gasteiger partial charge is 0.254 e. The van der Waals surface area contributed by atoms with Crippen LogP contribution in [0.15, 0.2) is 10.1 Å². The first-order valence-electron chi connectivity index (χ1n) is 8.76. The SMILES string of the molecule is CC(C)CC(=O)Nc1sc2c(c1C(=O)NCc1cnc(Br)s1)CCCC2. The van der Waals surface area contributed by atoms with Crippen molar-refractivity contribution in [2.75, 3.05) is 5.32 Å². The van der Waals surface area contributed by atoms with Gasteiger partial charge in [-0.3, -0.25) is 9.59 Å². The van der Waals surface area contributed by atoms with Crippen molar-refractivity contribution in [1.82, 2.24) is 10.3 Å². The van der Waals surface area contributed by atoms with Crippen molar-refractivity contribution < 1.29 is 9.59 Å². The van der Waals surface area contributed by atoms with Crippen LogP contribution in [0.4, 0.5) is 5.00 Å². The van der Waals surface area contributed by atoms with E-state index >= 15 is 0 Å². The molecule has 26 heavy (non-hydrogen) atoms. The number of anilines is 1. The Kier molecular flexibility index (Phi) is 6.47. The summed E-state index contributed by atoms with van der Waals surface area (Å²) in [6.07, 6.45) is 6.33. The Morgan fingerprint density at radius 3 is 2.73 bits per heavy atom. The van der Waals surface area contributed by atoms with E-state index in [2.05, 4.69) is 31.5 Å². The number of fused-ring (bicyclic) bond motifs is 1. The van der Waals surface area contributed by atoms with Crippen molar-refractivity contribution >= 4 is 55.4 Å². The second-order valence-corrected chi connectivity index (χ2v) is 10.3. The fourth-order valence-corrected chi connectivity index (χ4v) is 5.66. The topological polar surface area (TPSA) is 71.1 Å². The number of thiophene rings is 1. The third-order valence-electron chi connectivity index (χ3n) is 4.19. The maximum Gasteiger partial charge on any atom is 0.254 e. The quantitative estimate of drug-likeness (QED) is 0.659. The number of thiazole rings is 1. The van der Waals surface area contributed by atoms with Crippen molar-refractivity contribution in [3.63, 3.8) is 0 Å². The fourth-order valence-electron chi connectivity index (χ4n) is 3.06. The molecule has 2 heterocycles. The molecule has 0 unspecified atom stereocenters. The Morgan fingerprint density at radius 2 is 2.04 bits per heavy atom. The minimum atomic E-state index is -0.117.